The number of carbonyl (C=O) groups is 1. The lowest BCUT2D eigenvalue weighted by Crippen LogP contribution is -2.63. The van der Waals surface area contributed by atoms with E-state index in [4.69, 9.17) is 10.5 Å². The van der Waals surface area contributed by atoms with E-state index in [9.17, 15) is 9.90 Å². The fourth-order valence-corrected chi connectivity index (χ4v) is 6.17. The molecule has 0 saturated carbocycles. The second-order valence-corrected chi connectivity index (χ2v) is 11.8. The summed E-state index contributed by atoms with van der Waals surface area (Å²) in [5.74, 6) is 0.930. The van der Waals surface area contributed by atoms with Crippen molar-refractivity contribution in [3.8, 4) is 0 Å². The number of rotatable bonds is 6. The van der Waals surface area contributed by atoms with Crippen LogP contribution in [0.4, 0.5) is 5.82 Å². The molecule has 3 atom stereocenters. The summed E-state index contributed by atoms with van der Waals surface area (Å²) >= 11 is 0. The third kappa shape index (κ3) is 4.55. The van der Waals surface area contributed by atoms with Gasteiger partial charge in [0.2, 0.25) is 0 Å². The highest BCUT2D eigenvalue weighted by molar-refractivity contribution is 6.06. The first-order valence-electron chi connectivity index (χ1n) is 13.8. The summed E-state index contributed by atoms with van der Waals surface area (Å²) in [7, 11) is 0. The Hall–Kier alpha value is -3.73. The normalized spacial score (nSPS) is 26.4. The molecule has 6 rings (SSSR count). The number of aliphatic imine (C=N–C) groups is 1. The summed E-state index contributed by atoms with van der Waals surface area (Å²) in [5, 5.41) is 17.8. The van der Waals surface area contributed by atoms with Crippen molar-refractivity contribution < 1.29 is 14.6 Å². The van der Waals surface area contributed by atoms with E-state index in [0.717, 1.165) is 48.5 Å². The van der Waals surface area contributed by atoms with Gasteiger partial charge >= 0.3 is 0 Å². The van der Waals surface area contributed by atoms with Crippen LogP contribution >= 0.6 is 0 Å². The van der Waals surface area contributed by atoms with E-state index in [2.05, 4.69) is 44.3 Å². The van der Waals surface area contributed by atoms with Crippen LogP contribution in [-0.4, -0.2) is 69.8 Å². The molecule has 0 aliphatic carbocycles. The Morgan fingerprint density at radius 3 is 2.67 bits per heavy atom. The molecule has 1 aromatic heterocycles. The number of fused-ring (bicyclic) bond motifs is 1. The molecule has 0 radical (unpaired) electrons. The predicted molar refractivity (Wildman–Crippen MR) is 154 cm³/mol. The number of nitrogens with one attached hydrogen (secondary N) is 2. The Morgan fingerprint density at radius 1 is 1.23 bits per heavy atom. The molecule has 5 heterocycles. The minimum atomic E-state index is -0.543. The Labute approximate surface area is 234 Å². The van der Waals surface area contributed by atoms with Crippen LogP contribution in [0.3, 0.4) is 0 Å². The average Bonchev–Trinajstić information content (AvgIpc) is 3.27. The monoisotopic (exact) mass is 543 g/mol. The Kier molecular flexibility index (Phi) is 6.64. The first-order chi connectivity index (χ1) is 19.2. The third-order valence-electron chi connectivity index (χ3n) is 8.70. The first kappa shape index (κ1) is 26.5. The smallest absolute Gasteiger partial charge is 0.256 e. The number of aliphatic hydroxyl groups is 1. The molecular formula is C30H37N7O3. The number of nitrogens with two attached hydrogens (primary N) is 1. The lowest BCUT2D eigenvalue weighted by atomic mass is 9.81. The lowest BCUT2D eigenvalue weighted by molar-refractivity contribution is -0.213. The minimum absolute atomic E-state index is 0.204. The van der Waals surface area contributed by atoms with Gasteiger partial charge < -0.3 is 31.1 Å². The fraction of sp³-hybridized carbons (Fsp3) is 0.433. The molecule has 0 bridgehead atoms. The molecule has 5 N–H and O–H groups in total. The molecule has 1 amide bonds. The van der Waals surface area contributed by atoms with E-state index >= 15 is 0 Å². The van der Waals surface area contributed by atoms with Gasteiger partial charge in [0.05, 0.1) is 24.3 Å². The van der Waals surface area contributed by atoms with E-state index in [0.29, 0.717) is 30.4 Å². The number of hydrogen-bond acceptors (Lipinski definition) is 9. The predicted octanol–water partition coefficient (Wildman–Crippen LogP) is 2.84. The quantitative estimate of drug-likeness (QED) is 0.438. The number of nitrogens with zero attached hydrogens (tertiary/aromatic N) is 4. The van der Waals surface area contributed by atoms with Crippen LogP contribution in [0, 0.1) is 18.3 Å². The molecule has 2 aromatic rings. The number of aliphatic hydroxyl groups excluding tert-OH is 1. The third-order valence-corrected chi connectivity index (χ3v) is 8.70. The standard InChI is InChI=1S/C30H37N7O3/c1-19-6-11-23(33-15-19)34-27(38)21-9-7-20(8-10-21)24-25-26(31)32-12-14-37(25)30(3,35-24)22-5-4-13-36(16-22)28(39)29(2)17-40-18-29/h6-12,14-15,22,28,35,39H,4-5,13,16-18H2,1-3H3,(H2,31,32)(H,33,34,38)/t22-,28?,30?/m1/s1. The van der Waals surface area contributed by atoms with E-state index in [-0.39, 0.29) is 17.2 Å². The van der Waals surface area contributed by atoms with Crippen LogP contribution < -0.4 is 16.4 Å². The molecule has 0 spiro atoms. The van der Waals surface area contributed by atoms with E-state index < -0.39 is 11.9 Å². The van der Waals surface area contributed by atoms with Crippen molar-refractivity contribution >= 4 is 23.3 Å². The molecule has 40 heavy (non-hydrogen) atoms. The second-order valence-electron chi connectivity index (χ2n) is 11.8. The number of pyridine rings is 1. The number of amides is 1. The van der Waals surface area contributed by atoms with Crippen LogP contribution in [0.25, 0.3) is 5.70 Å². The number of piperidine rings is 1. The molecule has 2 fully saturated rings. The first-order valence-corrected chi connectivity index (χ1v) is 13.8. The van der Waals surface area contributed by atoms with Gasteiger partial charge in [0, 0.05) is 43.2 Å². The summed E-state index contributed by atoms with van der Waals surface area (Å²) < 4.78 is 5.42. The van der Waals surface area contributed by atoms with Gasteiger partial charge in [0.15, 0.2) is 0 Å². The van der Waals surface area contributed by atoms with Crippen molar-refractivity contribution in [1.82, 2.24) is 20.1 Å². The van der Waals surface area contributed by atoms with Crippen LogP contribution in [0.1, 0.15) is 48.2 Å². The van der Waals surface area contributed by atoms with Gasteiger partial charge in [0.25, 0.3) is 5.91 Å². The van der Waals surface area contributed by atoms with E-state index in [1.165, 1.54) is 0 Å². The topological polar surface area (TPSA) is 128 Å². The Bertz CT molecular complexity index is 1380. The highest BCUT2D eigenvalue weighted by atomic mass is 16.5. The Morgan fingerprint density at radius 2 is 2.00 bits per heavy atom. The average molecular weight is 544 g/mol. The molecule has 2 saturated heterocycles. The number of aromatic nitrogens is 1. The summed E-state index contributed by atoms with van der Waals surface area (Å²) in [4.78, 5) is 25.9. The second kappa shape index (κ2) is 10.0. The van der Waals surface area contributed by atoms with Crippen LogP contribution in [-0.2, 0) is 4.74 Å². The number of benzene rings is 1. The fourth-order valence-electron chi connectivity index (χ4n) is 6.17. The number of aryl methyl sites for hydroxylation is 1. The zero-order chi connectivity index (χ0) is 28.1. The number of anilines is 1. The lowest BCUT2D eigenvalue weighted by Gasteiger charge is -2.51. The van der Waals surface area contributed by atoms with Gasteiger partial charge in [-0.15, -0.1) is 0 Å². The summed E-state index contributed by atoms with van der Waals surface area (Å²) in [6.45, 7) is 8.99. The molecule has 4 aliphatic heterocycles. The SMILES string of the molecule is Cc1ccc(NC(=O)c2ccc(C3=C4C(N)=NC=CN4C(C)([C@@H]4CCCN(C(O)C5(C)COC5)C4)N3)cc2)nc1. The van der Waals surface area contributed by atoms with E-state index in [1.807, 2.05) is 31.3 Å². The van der Waals surface area contributed by atoms with Crippen molar-refractivity contribution in [2.45, 2.75) is 45.5 Å². The number of likely N-dealkylation sites (tertiary alicyclic amines) is 1. The van der Waals surface area contributed by atoms with Gasteiger partial charge in [0.1, 0.15) is 29.2 Å². The van der Waals surface area contributed by atoms with Crippen LogP contribution in [0.2, 0.25) is 0 Å². The van der Waals surface area contributed by atoms with Gasteiger partial charge in [-0.1, -0.05) is 25.1 Å². The number of carbonyl (C=O) groups excluding carboxylic acids is 1. The molecule has 2 unspecified atom stereocenters. The zero-order valence-corrected chi connectivity index (χ0v) is 23.2. The highest BCUT2D eigenvalue weighted by Gasteiger charge is 2.51. The largest absolute Gasteiger partial charge is 0.382 e. The summed E-state index contributed by atoms with van der Waals surface area (Å²) in [6, 6.07) is 11.2. The molecule has 10 heteroatoms. The van der Waals surface area contributed by atoms with Gasteiger partial charge in [-0.2, -0.15) is 0 Å². The van der Waals surface area contributed by atoms with Crippen LogP contribution in [0.15, 0.2) is 65.7 Å². The number of ether oxygens (including phenoxy) is 1. The van der Waals surface area contributed by atoms with Crippen molar-refractivity contribution in [2.24, 2.45) is 22.1 Å². The van der Waals surface area contributed by atoms with Crippen molar-refractivity contribution in [2.75, 3.05) is 31.6 Å². The molecule has 10 nitrogen and oxygen atoms in total. The summed E-state index contributed by atoms with van der Waals surface area (Å²) in [5.41, 5.74) is 9.91. The van der Waals surface area contributed by atoms with Gasteiger partial charge in [-0.05, 0) is 56.0 Å². The maximum Gasteiger partial charge on any atom is 0.256 e. The number of amidine groups is 1. The maximum absolute atomic E-state index is 12.8. The van der Waals surface area contributed by atoms with E-state index in [1.54, 1.807) is 30.6 Å². The number of hydrogen-bond donors (Lipinski definition) is 4. The highest BCUT2D eigenvalue weighted by Crippen LogP contribution is 2.43. The summed E-state index contributed by atoms with van der Waals surface area (Å²) in [6.07, 6.45) is 6.88. The zero-order valence-electron chi connectivity index (χ0n) is 23.2. The van der Waals surface area contributed by atoms with Crippen molar-refractivity contribution in [3.63, 3.8) is 0 Å². The molecule has 4 aliphatic rings. The maximum atomic E-state index is 12.8. The molecule has 210 valence electrons. The van der Waals surface area contributed by atoms with Crippen LogP contribution in [0.5, 0.6) is 0 Å². The van der Waals surface area contributed by atoms with Crippen molar-refractivity contribution in [1.29, 1.82) is 0 Å². The Balaban J connectivity index is 1.23. The van der Waals surface area contributed by atoms with Gasteiger partial charge in [-0.25, -0.2) is 9.98 Å². The van der Waals surface area contributed by atoms with Gasteiger partial charge in [-0.3, -0.25) is 9.69 Å². The van der Waals surface area contributed by atoms with Crippen molar-refractivity contribution in [3.05, 3.63) is 77.4 Å². The molecular weight excluding hydrogens is 506 g/mol. The minimum Gasteiger partial charge on any atom is -0.382 e. The molecule has 1 aromatic carbocycles.